The van der Waals surface area contributed by atoms with Crippen molar-refractivity contribution >= 4 is 11.8 Å². The number of primary amides is 1. The normalized spacial score (nSPS) is 10.7. The first-order valence-electron chi connectivity index (χ1n) is 7.49. The molecule has 0 saturated carbocycles. The summed E-state index contributed by atoms with van der Waals surface area (Å²) in [5.41, 5.74) is 4.96. The van der Waals surface area contributed by atoms with Crippen molar-refractivity contribution in [3.8, 4) is 11.5 Å². The van der Waals surface area contributed by atoms with Gasteiger partial charge in [-0.2, -0.15) is 0 Å². The zero-order valence-corrected chi connectivity index (χ0v) is 13.7. The fourth-order valence-electron chi connectivity index (χ4n) is 2.21. The van der Waals surface area contributed by atoms with Crippen LogP contribution in [0.3, 0.4) is 0 Å². The third-order valence-corrected chi connectivity index (χ3v) is 3.58. The fourth-order valence-corrected chi connectivity index (χ4v) is 2.21. The van der Waals surface area contributed by atoms with Crippen molar-refractivity contribution in [1.29, 1.82) is 0 Å². The molecule has 1 heterocycles. The Morgan fingerprint density at radius 1 is 1.24 bits per heavy atom. The third kappa shape index (κ3) is 4.03. The Hall–Kier alpha value is -3.16. The van der Waals surface area contributed by atoms with Crippen LogP contribution < -0.4 is 5.73 Å². The minimum absolute atomic E-state index is 0.124. The van der Waals surface area contributed by atoms with Crippen LogP contribution in [-0.4, -0.2) is 38.0 Å². The first-order valence-corrected chi connectivity index (χ1v) is 7.49. The molecule has 1 aromatic carbocycles. The molecule has 7 nitrogen and oxygen atoms in total. The summed E-state index contributed by atoms with van der Waals surface area (Å²) in [6.07, 6.45) is 0. The molecule has 4 N–H and O–H groups in total. The van der Waals surface area contributed by atoms with Gasteiger partial charge in [0.05, 0.1) is 0 Å². The zero-order valence-electron chi connectivity index (χ0n) is 13.7. The van der Waals surface area contributed by atoms with Crippen LogP contribution in [0.25, 0.3) is 0 Å². The van der Waals surface area contributed by atoms with E-state index in [1.807, 2.05) is 0 Å². The molecule has 2 aromatic rings. The van der Waals surface area contributed by atoms with E-state index < -0.39 is 34.8 Å². The van der Waals surface area contributed by atoms with E-state index >= 15 is 0 Å². The molecule has 0 bridgehead atoms. The van der Waals surface area contributed by atoms with Crippen molar-refractivity contribution in [2.24, 2.45) is 5.73 Å². The van der Waals surface area contributed by atoms with Crippen LogP contribution >= 0.6 is 0 Å². The number of amides is 2. The van der Waals surface area contributed by atoms with E-state index in [1.54, 1.807) is 13.8 Å². The average molecular weight is 347 g/mol. The number of benzene rings is 1. The first kappa shape index (κ1) is 18.2. The van der Waals surface area contributed by atoms with Gasteiger partial charge in [0.25, 0.3) is 11.8 Å². The van der Waals surface area contributed by atoms with E-state index in [9.17, 15) is 24.2 Å². The number of aromatic nitrogens is 1. The van der Waals surface area contributed by atoms with E-state index in [1.165, 1.54) is 29.2 Å². The Labute approximate surface area is 143 Å². The minimum Gasteiger partial charge on any atom is -0.504 e. The van der Waals surface area contributed by atoms with E-state index in [2.05, 4.69) is 4.98 Å². The fraction of sp³-hybridized carbons (Fsp3) is 0.235. The molecule has 2 amide bonds. The number of hydrogen-bond acceptors (Lipinski definition) is 5. The van der Waals surface area contributed by atoms with E-state index in [0.717, 1.165) is 6.07 Å². The molecule has 0 fully saturated rings. The Bertz CT molecular complexity index is 806. The summed E-state index contributed by atoms with van der Waals surface area (Å²) < 4.78 is 13.0. The molecule has 8 heteroatoms. The lowest BCUT2D eigenvalue weighted by molar-refractivity contribution is 0.0680. The lowest BCUT2D eigenvalue weighted by Gasteiger charge is -2.27. The highest BCUT2D eigenvalue weighted by Gasteiger charge is 2.26. The van der Waals surface area contributed by atoms with Gasteiger partial charge in [-0.05, 0) is 31.5 Å². The van der Waals surface area contributed by atoms with Gasteiger partial charge in [-0.15, -0.1) is 0 Å². The van der Waals surface area contributed by atoms with Gasteiger partial charge in [0, 0.05) is 18.7 Å². The maximum Gasteiger partial charge on any atom is 0.277 e. The molecule has 25 heavy (non-hydrogen) atoms. The van der Waals surface area contributed by atoms with Gasteiger partial charge in [-0.3, -0.25) is 9.59 Å². The summed E-state index contributed by atoms with van der Waals surface area (Å²) in [6, 6.07) is 6.19. The highest BCUT2D eigenvalue weighted by Crippen LogP contribution is 2.29. The monoisotopic (exact) mass is 347 g/mol. The van der Waals surface area contributed by atoms with Crippen LogP contribution in [-0.2, 0) is 6.54 Å². The Morgan fingerprint density at radius 2 is 1.84 bits per heavy atom. The molecule has 0 saturated heterocycles. The van der Waals surface area contributed by atoms with Crippen LogP contribution in [0.5, 0.6) is 11.5 Å². The molecule has 0 aliphatic rings. The standard InChI is InChI=1S/C17H18FN3O4/c1-9(2)21(8-10-3-5-11(18)6-4-10)17(25)14-15(23)13(22)7-12(20-14)16(19)24/h3-7,9,23H,8H2,1-2H3,(H2,19,24)(H,20,22). The van der Waals surface area contributed by atoms with E-state index in [-0.39, 0.29) is 18.3 Å². The minimum atomic E-state index is -0.945. The summed E-state index contributed by atoms with van der Waals surface area (Å²) in [7, 11) is 0. The van der Waals surface area contributed by atoms with E-state index in [0.29, 0.717) is 5.56 Å². The number of carbonyl (C=O) groups is 2. The second kappa shape index (κ2) is 7.16. The number of carbonyl (C=O) groups excluding carboxylic acids is 2. The van der Waals surface area contributed by atoms with Gasteiger partial charge in [-0.25, -0.2) is 9.37 Å². The summed E-state index contributed by atoms with van der Waals surface area (Å²) in [6.45, 7) is 3.62. The topological polar surface area (TPSA) is 117 Å². The SMILES string of the molecule is CC(C)N(Cc1ccc(F)cc1)C(=O)c1nc(C(N)=O)cc(O)c1O. The molecule has 0 atom stereocenters. The zero-order chi connectivity index (χ0) is 18.7. The summed E-state index contributed by atoms with van der Waals surface area (Å²) in [5.74, 6) is -3.45. The second-order valence-corrected chi connectivity index (χ2v) is 5.74. The highest BCUT2D eigenvalue weighted by atomic mass is 19.1. The summed E-state index contributed by atoms with van der Waals surface area (Å²) in [4.78, 5) is 29.2. The van der Waals surface area contributed by atoms with Crippen LogP contribution in [0, 0.1) is 5.82 Å². The molecule has 132 valence electrons. The predicted octanol–water partition coefficient (Wildman–Crippen LogP) is 1.78. The largest absolute Gasteiger partial charge is 0.504 e. The Morgan fingerprint density at radius 3 is 2.36 bits per heavy atom. The van der Waals surface area contributed by atoms with Crippen LogP contribution in [0.4, 0.5) is 4.39 Å². The van der Waals surface area contributed by atoms with Crippen molar-refractivity contribution < 1.29 is 24.2 Å². The molecular weight excluding hydrogens is 329 g/mol. The molecule has 0 spiro atoms. The average Bonchev–Trinajstić information content (AvgIpc) is 2.55. The van der Waals surface area contributed by atoms with Crippen molar-refractivity contribution in [2.75, 3.05) is 0 Å². The number of hydrogen-bond donors (Lipinski definition) is 3. The third-order valence-electron chi connectivity index (χ3n) is 3.58. The number of rotatable bonds is 5. The number of pyridine rings is 1. The number of halogens is 1. The van der Waals surface area contributed by atoms with Crippen LogP contribution in [0.2, 0.25) is 0 Å². The van der Waals surface area contributed by atoms with Gasteiger partial charge in [-0.1, -0.05) is 12.1 Å². The Balaban J connectivity index is 2.40. The van der Waals surface area contributed by atoms with Crippen molar-refractivity contribution in [2.45, 2.75) is 26.4 Å². The molecule has 2 rings (SSSR count). The molecule has 0 aliphatic carbocycles. The first-order chi connectivity index (χ1) is 11.7. The lowest BCUT2D eigenvalue weighted by Crippen LogP contribution is -2.37. The Kier molecular flexibility index (Phi) is 5.21. The molecule has 1 aromatic heterocycles. The van der Waals surface area contributed by atoms with Gasteiger partial charge in [0.15, 0.2) is 17.2 Å². The maximum atomic E-state index is 13.0. The second-order valence-electron chi connectivity index (χ2n) is 5.74. The van der Waals surface area contributed by atoms with Gasteiger partial charge >= 0.3 is 0 Å². The van der Waals surface area contributed by atoms with Gasteiger partial charge in [0.1, 0.15) is 11.5 Å². The van der Waals surface area contributed by atoms with E-state index in [4.69, 9.17) is 5.73 Å². The van der Waals surface area contributed by atoms with Crippen molar-refractivity contribution in [3.63, 3.8) is 0 Å². The summed E-state index contributed by atoms with van der Waals surface area (Å²) >= 11 is 0. The quantitative estimate of drug-likeness (QED) is 0.762. The molecule has 0 radical (unpaired) electrons. The van der Waals surface area contributed by atoms with Gasteiger partial charge in [0.2, 0.25) is 0 Å². The number of nitrogens with zero attached hydrogens (tertiary/aromatic N) is 2. The van der Waals surface area contributed by atoms with Crippen LogP contribution in [0.15, 0.2) is 30.3 Å². The molecule has 0 unspecified atom stereocenters. The van der Waals surface area contributed by atoms with Gasteiger partial charge < -0.3 is 20.8 Å². The highest BCUT2D eigenvalue weighted by molar-refractivity contribution is 5.98. The smallest absolute Gasteiger partial charge is 0.277 e. The summed E-state index contributed by atoms with van der Waals surface area (Å²) in [5, 5.41) is 19.7. The van der Waals surface area contributed by atoms with Crippen molar-refractivity contribution in [3.05, 3.63) is 53.1 Å². The van der Waals surface area contributed by atoms with Crippen molar-refractivity contribution in [1.82, 2.24) is 9.88 Å². The number of nitrogens with two attached hydrogens (primary N) is 1. The molecular formula is C17H18FN3O4. The number of aromatic hydroxyl groups is 2. The molecule has 0 aliphatic heterocycles. The maximum absolute atomic E-state index is 13.0. The lowest BCUT2D eigenvalue weighted by atomic mass is 10.1. The predicted molar refractivity (Wildman–Crippen MR) is 87.5 cm³/mol. The van der Waals surface area contributed by atoms with Crippen LogP contribution in [0.1, 0.15) is 40.4 Å².